The molecule has 0 spiro atoms. The van der Waals surface area contributed by atoms with E-state index in [1.165, 1.54) is 12.1 Å². The van der Waals surface area contributed by atoms with E-state index in [9.17, 15) is 14.7 Å². The second-order valence-electron chi connectivity index (χ2n) is 6.04. The monoisotopic (exact) mass is 367 g/mol. The van der Waals surface area contributed by atoms with Gasteiger partial charge in [0, 0.05) is 6.07 Å². The molecule has 1 aliphatic rings. The van der Waals surface area contributed by atoms with Gasteiger partial charge in [-0.3, -0.25) is 4.79 Å². The van der Waals surface area contributed by atoms with Crippen LogP contribution in [0.2, 0.25) is 0 Å². The van der Waals surface area contributed by atoms with Gasteiger partial charge in [0.05, 0.1) is 16.9 Å². The quantitative estimate of drug-likeness (QED) is 0.692. The van der Waals surface area contributed by atoms with Gasteiger partial charge in [0.25, 0.3) is 0 Å². The molecule has 0 saturated carbocycles. The predicted molar refractivity (Wildman–Crippen MR) is 94.1 cm³/mol. The minimum Gasteiger partial charge on any atom is -0.546 e. The molecule has 0 atom stereocenters. The molecular weight excluding hydrogens is 352 g/mol. The fourth-order valence-corrected chi connectivity index (χ4v) is 3.05. The largest absolute Gasteiger partial charge is 0.546 e. The molecule has 0 fully saturated rings. The first-order chi connectivity index (χ1) is 13.0. The second kappa shape index (κ2) is 6.68. The molecule has 4 rings (SSSR count). The molecule has 3 aromatic rings. The number of rotatable bonds is 4. The first kappa shape index (κ1) is 17.0. The van der Waals surface area contributed by atoms with Gasteiger partial charge in [0.2, 0.25) is 5.43 Å². The maximum Gasteiger partial charge on any atom is 0.200 e. The fraction of sp³-hybridized carbons (Fsp3) is 0.200. The first-order valence-electron chi connectivity index (χ1n) is 8.33. The summed E-state index contributed by atoms with van der Waals surface area (Å²) < 4.78 is 22.0. The van der Waals surface area contributed by atoms with Crippen molar-refractivity contribution in [1.82, 2.24) is 0 Å². The summed E-state index contributed by atoms with van der Waals surface area (Å²) in [5.74, 6) is 0.607. The molecule has 0 bridgehead atoms. The van der Waals surface area contributed by atoms with E-state index in [0.29, 0.717) is 52.6 Å². The Labute approximate surface area is 153 Å². The zero-order valence-corrected chi connectivity index (χ0v) is 14.4. The average molecular weight is 367 g/mol. The highest BCUT2D eigenvalue weighted by molar-refractivity contribution is 5.84. The van der Waals surface area contributed by atoms with Gasteiger partial charge >= 0.3 is 0 Å². The van der Waals surface area contributed by atoms with E-state index in [1.54, 1.807) is 31.2 Å². The molecule has 1 aliphatic heterocycles. The third kappa shape index (κ3) is 3.19. The Morgan fingerprint density at radius 3 is 2.67 bits per heavy atom. The van der Waals surface area contributed by atoms with Crippen LogP contribution < -0.4 is 24.7 Å². The summed E-state index contributed by atoms with van der Waals surface area (Å²) in [7, 11) is 0. The van der Waals surface area contributed by atoms with E-state index in [1.807, 2.05) is 0 Å². The Kier molecular flexibility index (Phi) is 4.19. The molecule has 138 valence electrons. The standard InChI is InChI=1S/C20H16O7/c1-11-19(12-2-5-15-17(8-12)25-7-6-24-15)20(23)14-4-3-13(9-16(14)27-11)26-10-18(21)22/h2-5,8-9H,6-7,10H2,1H3,(H,21,22)/p-1. The topological polar surface area (TPSA) is 98.0 Å². The summed E-state index contributed by atoms with van der Waals surface area (Å²) >= 11 is 0. The minimum atomic E-state index is -1.33. The summed E-state index contributed by atoms with van der Waals surface area (Å²) in [5, 5.41) is 10.9. The van der Waals surface area contributed by atoms with Gasteiger partial charge < -0.3 is 28.5 Å². The molecule has 0 unspecified atom stereocenters. The Balaban J connectivity index is 1.79. The highest BCUT2D eigenvalue weighted by atomic mass is 16.6. The Hall–Kier alpha value is -3.48. The number of carbonyl (C=O) groups excluding carboxylic acids is 1. The van der Waals surface area contributed by atoms with Crippen LogP contribution in [0.25, 0.3) is 22.1 Å². The lowest BCUT2D eigenvalue weighted by Gasteiger charge is -2.19. The van der Waals surface area contributed by atoms with Crippen molar-refractivity contribution in [2.75, 3.05) is 19.8 Å². The van der Waals surface area contributed by atoms with E-state index >= 15 is 0 Å². The SMILES string of the molecule is Cc1oc2cc(OCC(=O)[O-])ccc2c(=O)c1-c1ccc2c(c1)OCCO2. The molecule has 0 saturated heterocycles. The zero-order valence-electron chi connectivity index (χ0n) is 14.4. The molecule has 2 heterocycles. The van der Waals surface area contributed by atoms with Crippen molar-refractivity contribution in [1.29, 1.82) is 0 Å². The van der Waals surface area contributed by atoms with Crippen molar-refractivity contribution in [3.63, 3.8) is 0 Å². The van der Waals surface area contributed by atoms with Crippen molar-refractivity contribution in [3.05, 3.63) is 52.4 Å². The van der Waals surface area contributed by atoms with E-state index in [2.05, 4.69) is 0 Å². The van der Waals surface area contributed by atoms with Gasteiger partial charge in [-0.05, 0) is 36.8 Å². The maximum absolute atomic E-state index is 13.0. The number of carboxylic acid groups (broad SMARTS) is 1. The second-order valence-corrected chi connectivity index (χ2v) is 6.04. The summed E-state index contributed by atoms with van der Waals surface area (Å²) in [5.41, 5.74) is 1.22. The van der Waals surface area contributed by atoms with Crippen molar-refractivity contribution in [3.8, 4) is 28.4 Å². The number of carbonyl (C=O) groups is 1. The number of fused-ring (bicyclic) bond motifs is 2. The van der Waals surface area contributed by atoms with E-state index in [4.69, 9.17) is 18.6 Å². The van der Waals surface area contributed by atoms with Gasteiger partial charge in [0.15, 0.2) is 11.5 Å². The first-order valence-corrected chi connectivity index (χ1v) is 8.33. The van der Waals surface area contributed by atoms with E-state index in [-0.39, 0.29) is 11.2 Å². The number of hydrogen-bond acceptors (Lipinski definition) is 7. The van der Waals surface area contributed by atoms with Gasteiger partial charge in [-0.2, -0.15) is 0 Å². The number of aliphatic carboxylic acids is 1. The molecule has 2 aromatic carbocycles. The average Bonchev–Trinajstić information content (AvgIpc) is 2.66. The minimum absolute atomic E-state index is 0.197. The van der Waals surface area contributed by atoms with Crippen LogP contribution in [-0.2, 0) is 4.79 Å². The van der Waals surface area contributed by atoms with E-state index in [0.717, 1.165) is 0 Å². The lowest BCUT2D eigenvalue weighted by atomic mass is 10.0. The number of aryl methyl sites for hydroxylation is 1. The molecule has 7 nitrogen and oxygen atoms in total. The summed E-state index contributed by atoms with van der Waals surface area (Å²) in [6.45, 7) is 2.06. The van der Waals surface area contributed by atoms with Crippen molar-refractivity contribution >= 4 is 16.9 Å². The molecular formula is C20H15O7-. The molecule has 0 amide bonds. The third-order valence-electron chi connectivity index (χ3n) is 4.23. The molecule has 0 aliphatic carbocycles. The van der Waals surface area contributed by atoms with Gasteiger partial charge in [-0.1, -0.05) is 6.07 Å². The van der Waals surface area contributed by atoms with Gasteiger partial charge in [0.1, 0.15) is 36.9 Å². The molecule has 0 radical (unpaired) electrons. The maximum atomic E-state index is 13.0. The highest BCUT2D eigenvalue weighted by Crippen LogP contribution is 2.35. The van der Waals surface area contributed by atoms with Gasteiger partial charge in [-0.15, -0.1) is 0 Å². The Morgan fingerprint density at radius 1 is 1.11 bits per heavy atom. The number of benzene rings is 2. The van der Waals surface area contributed by atoms with Crippen LogP contribution in [-0.4, -0.2) is 25.8 Å². The predicted octanol–water partition coefficient (Wildman–Crippen LogP) is 1.67. The van der Waals surface area contributed by atoms with E-state index < -0.39 is 12.6 Å². The van der Waals surface area contributed by atoms with Crippen LogP contribution >= 0.6 is 0 Å². The van der Waals surface area contributed by atoms with Crippen LogP contribution in [0, 0.1) is 6.92 Å². The normalized spacial score (nSPS) is 12.8. The lowest BCUT2D eigenvalue weighted by molar-refractivity contribution is -0.307. The highest BCUT2D eigenvalue weighted by Gasteiger charge is 2.18. The Bertz CT molecular complexity index is 1100. The van der Waals surface area contributed by atoms with Crippen molar-refractivity contribution in [2.45, 2.75) is 6.92 Å². The summed E-state index contributed by atoms with van der Waals surface area (Å²) in [6, 6.07) is 9.87. The Morgan fingerprint density at radius 2 is 1.89 bits per heavy atom. The van der Waals surface area contributed by atoms with Crippen LogP contribution in [0.5, 0.6) is 17.2 Å². The molecule has 0 N–H and O–H groups in total. The van der Waals surface area contributed by atoms with Crippen molar-refractivity contribution < 1.29 is 28.5 Å². The van der Waals surface area contributed by atoms with Crippen LogP contribution in [0.3, 0.4) is 0 Å². The summed E-state index contributed by atoms with van der Waals surface area (Å²) in [6.07, 6.45) is 0. The number of ether oxygens (including phenoxy) is 3. The lowest BCUT2D eigenvalue weighted by Crippen LogP contribution is -2.28. The van der Waals surface area contributed by atoms with Gasteiger partial charge in [-0.25, -0.2) is 0 Å². The number of hydrogen-bond donors (Lipinski definition) is 0. The summed E-state index contributed by atoms with van der Waals surface area (Å²) in [4.78, 5) is 23.5. The molecule has 7 heteroatoms. The molecule has 27 heavy (non-hydrogen) atoms. The third-order valence-corrected chi connectivity index (χ3v) is 4.23. The van der Waals surface area contributed by atoms with Crippen molar-refractivity contribution in [2.24, 2.45) is 0 Å². The van der Waals surface area contributed by atoms with Crippen LogP contribution in [0.4, 0.5) is 0 Å². The van der Waals surface area contributed by atoms with Crippen LogP contribution in [0.15, 0.2) is 45.6 Å². The van der Waals surface area contributed by atoms with Crippen LogP contribution in [0.1, 0.15) is 5.76 Å². The molecule has 1 aromatic heterocycles. The fourth-order valence-electron chi connectivity index (χ4n) is 3.05. The number of carboxylic acids is 1. The smallest absolute Gasteiger partial charge is 0.200 e. The zero-order chi connectivity index (χ0) is 19.0.